The number of hydrogen-bond acceptors (Lipinski definition) is 5. The number of aromatic nitrogens is 3. The molecule has 4 aromatic rings. The molecule has 2 heterocycles. The van der Waals surface area contributed by atoms with E-state index in [-0.39, 0.29) is 10.8 Å². The first-order valence-corrected chi connectivity index (χ1v) is 16.3. The highest BCUT2D eigenvalue weighted by Crippen LogP contribution is 2.29. The van der Waals surface area contributed by atoms with E-state index in [1.807, 2.05) is 70.2 Å². The monoisotopic (exact) mass is 589 g/mol. The number of rotatable bonds is 12. The maximum absolute atomic E-state index is 13.2. The molecule has 0 radical (unpaired) electrons. The predicted molar refractivity (Wildman–Crippen MR) is 170 cm³/mol. The predicted octanol–water partition coefficient (Wildman–Crippen LogP) is 7.00. The molecule has 0 spiro atoms. The summed E-state index contributed by atoms with van der Waals surface area (Å²) in [4.78, 5) is 22.4. The number of nitrogens with one attached hydrogen (secondary N) is 2. The third-order valence-electron chi connectivity index (χ3n) is 7.00. The third kappa shape index (κ3) is 7.63. The van der Waals surface area contributed by atoms with Crippen molar-refractivity contribution in [3.63, 3.8) is 0 Å². The highest BCUT2D eigenvalue weighted by atomic mass is 32.2. The molecule has 0 unspecified atom stereocenters. The van der Waals surface area contributed by atoms with E-state index in [1.165, 1.54) is 0 Å². The Morgan fingerprint density at radius 1 is 0.952 bits per heavy atom. The first-order chi connectivity index (χ1) is 19.9. The van der Waals surface area contributed by atoms with E-state index < -0.39 is 15.6 Å². The molecule has 4 rings (SSSR count). The van der Waals surface area contributed by atoms with Gasteiger partial charge in [-0.05, 0) is 63.8 Å². The topological polar surface area (TPSA) is 106 Å². The first kappa shape index (κ1) is 31.4. The summed E-state index contributed by atoms with van der Waals surface area (Å²) in [5, 5.41) is 3.01. The zero-order chi connectivity index (χ0) is 30.5. The van der Waals surface area contributed by atoms with E-state index in [2.05, 4.69) is 28.5 Å². The molecule has 8 nitrogen and oxygen atoms in total. The minimum Gasteiger partial charge on any atom is -0.324 e. The van der Waals surface area contributed by atoms with Gasteiger partial charge >= 0.3 is 0 Å². The Hall–Kier alpha value is -3.56. The molecule has 0 saturated carbocycles. The molecule has 2 aromatic carbocycles. The van der Waals surface area contributed by atoms with Crippen molar-refractivity contribution in [2.24, 2.45) is 0 Å². The Morgan fingerprint density at radius 2 is 1.64 bits per heavy atom. The molecular weight excluding hydrogens is 546 g/mol. The highest BCUT2D eigenvalue weighted by Gasteiger charge is 2.25. The first-order valence-electron chi connectivity index (χ1n) is 14.8. The van der Waals surface area contributed by atoms with Gasteiger partial charge < -0.3 is 9.88 Å². The van der Waals surface area contributed by atoms with Gasteiger partial charge in [-0.3, -0.25) is 4.79 Å². The van der Waals surface area contributed by atoms with Crippen molar-refractivity contribution in [3.8, 4) is 11.1 Å². The standard InChI is InChI=1S/C33H43N5O3S/c1-7-9-15-30-35-28-21-27(36-31(39)16-10-8-2)23(3)34-32(28)38(30)22-24-17-19-25(20-18-24)26-13-11-12-14-29(26)42(40,41)37-33(4,5)6/h11-14,17-21,37H,7-10,15-16,22H2,1-6H3,(H,36,39). The molecular formula is C33H43N5O3S. The minimum atomic E-state index is -3.70. The average molecular weight is 590 g/mol. The van der Waals surface area contributed by atoms with Crippen LogP contribution in [-0.4, -0.2) is 34.4 Å². The summed E-state index contributed by atoms with van der Waals surface area (Å²) in [5.74, 6) is 0.956. The van der Waals surface area contributed by atoms with Crippen LogP contribution in [0.4, 0.5) is 5.69 Å². The van der Waals surface area contributed by atoms with Gasteiger partial charge in [0.1, 0.15) is 11.3 Å². The Balaban J connectivity index is 1.65. The highest BCUT2D eigenvalue weighted by molar-refractivity contribution is 7.89. The van der Waals surface area contributed by atoms with Gasteiger partial charge in [-0.25, -0.2) is 23.1 Å². The fourth-order valence-corrected chi connectivity index (χ4v) is 6.57. The molecule has 9 heteroatoms. The summed E-state index contributed by atoms with van der Waals surface area (Å²) in [6.07, 6.45) is 5.20. The summed E-state index contributed by atoms with van der Waals surface area (Å²) in [7, 11) is -3.70. The van der Waals surface area contributed by atoms with Crippen LogP contribution in [0.2, 0.25) is 0 Å². The number of pyridine rings is 1. The van der Waals surface area contributed by atoms with Crippen molar-refractivity contribution in [1.82, 2.24) is 19.3 Å². The second-order valence-corrected chi connectivity index (χ2v) is 13.5. The lowest BCUT2D eigenvalue weighted by Gasteiger charge is -2.21. The van der Waals surface area contributed by atoms with Crippen LogP contribution in [-0.2, 0) is 27.8 Å². The summed E-state index contributed by atoms with van der Waals surface area (Å²) >= 11 is 0. The van der Waals surface area contributed by atoms with Crippen LogP contribution >= 0.6 is 0 Å². The summed E-state index contributed by atoms with van der Waals surface area (Å²) in [5.41, 5.74) is 4.96. The average Bonchev–Trinajstić information content (AvgIpc) is 3.25. The van der Waals surface area contributed by atoms with Crippen molar-refractivity contribution >= 4 is 32.8 Å². The Morgan fingerprint density at radius 3 is 2.31 bits per heavy atom. The Bertz CT molecular complexity index is 1650. The second kappa shape index (κ2) is 13.2. The van der Waals surface area contributed by atoms with Crippen LogP contribution in [0.15, 0.2) is 59.5 Å². The molecule has 42 heavy (non-hydrogen) atoms. The molecule has 224 valence electrons. The maximum atomic E-state index is 13.2. The van der Waals surface area contributed by atoms with E-state index >= 15 is 0 Å². The fraction of sp³-hybridized carbons (Fsp3) is 0.424. The van der Waals surface area contributed by atoms with Gasteiger partial charge in [0.25, 0.3) is 0 Å². The summed E-state index contributed by atoms with van der Waals surface area (Å²) in [6, 6.07) is 17.0. The Labute approximate surface area is 250 Å². The van der Waals surface area contributed by atoms with Gasteiger partial charge in [0, 0.05) is 23.9 Å². The number of unbranched alkanes of at least 4 members (excludes halogenated alkanes) is 2. The van der Waals surface area contributed by atoms with Gasteiger partial charge in [-0.2, -0.15) is 0 Å². The van der Waals surface area contributed by atoms with Crippen molar-refractivity contribution < 1.29 is 13.2 Å². The largest absolute Gasteiger partial charge is 0.324 e. The van der Waals surface area contributed by atoms with Crippen LogP contribution in [0.3, 0.4) is 0 Å². The lowest BCUT2D eigenvalue weighted by Crippen LogP contribution is -2.40. The molecule has 0 aliphatic carbocycles. The normalized spacial score (nSPS) is 12.1. The number of sulfonamides is 1. The van der Waals surface area contributed by atoms with Gasteiger partial charge in [-0.1, -0.05) is 69.2 Å². The fourth-order valence-electron chi connectivity index (χ4n) is 4.92. The zero-order valence-electron chi connectivity index (χ0n) is 25.6. The molecule has 1 amide bonds. The van der Waals surface area contributed by atoms with Crippen molar-refractivity contribution in [3.05, 3.63) is 71.7 Å². The molecule has 0 fully saturated rings. The zero-order valence-corrected chi connectivity index (χ0v) is 26.4. The summed E-state index contributed by atoms with van der Waals surface area (Å²) in [6.45, 7) is 12.2. The minimum absolute atomic E-state index is 0.00427. The number of carbonyl (C=O) groups is 1. The number of imidazole rings is 1. The van der Waals surface area contributed by atoms with Crippen molar-refractivity contribution in [1.29, 1.82) is 0 Å². The van der Waals surface area contributed by atoms with Crippen LogP contribution in [0.25, 0.3) is 22.3 Å². The number of amides is 1. The lowest BCUT2D eigenvalue weighted by molar-refractivity contribution is -0.116. The molecule has 2 aromatic heterocycles. The number of anilines is 1. The van der Waals surface area contributed by atoms with E-state index in [9.17, 15) is 13.2 Å². The lowest BCUT2D eigenvalue weighted by atomic mass is 10.0. The van der Waals surface area contributed by atoms with E-state index in [0.717, 1.165) is 65.9 Å². The number of fused-ring (bicyclic) bond motifs is 1. The van der Waals surface area contributed by atoms with Crippen molar-refractivity contribution in [2.75, 3.05) is 5.32 Å². The molecule has 0 bridgehead atoms. The van der Waals surface area contributed by atoms with Crippen LogP contribution < -0.4 is 10.0 Å². The number of benzene rings is 2. The van der Waals surface area contributed by atoms with Crippen LogP contribution in [0, 0.1) is 6.92 Å². The number of nitrogens with zero attached hydrogens (tertiary/aromatic N) is 3. The summed E-state index contributed by atoms with van der Waals surface area (Å²) < 4.78 is 31.3. The number of aryl methyl sites for hydroxylation is 2. The van der Waals surface area contributed by atoms with Crippen molar-refractivity contribution in [2.45, 2.75) is 97.0 Å². The van der Waals surface area contributed by atoms with E-state index in [1.54, 1.807) is 12.1 Å². The van der Waals surface area contributed by atoms with E-state index in [0.29, 0.717) is 24.2 Å². The molecule has 0 aliphatic heterocycles. The van der Waals surface area contributed by atoms with Crippen LogP contribution in [0.1, 0.15) is 83.8 Å². The Kier molecular flexibility index (Phi) is 9.84. The maximum Gasteiger partial charge on any atom is 0.241 e. The van der Waals surface area contributed by atoms with Gasteiger partial charge in [0.15, 0.2) is 5.65 Å². The molecule has 2 N–H and O–H groups in total. The molecule has 0 aliphatic rings. The van der Waals surface area contributed by atoms with Gasteiger partial charge in [0.2, 0.25) is 15.9 Å². The van der Waals surface area contributed by atoms with Gasteiger partial charge in [-0.15, -0.1) is 0 Å². The third-order valence-corrected chi connectivity index (χ3v) is 8.81. The van der Waals surface area contributed by atoms with E-state index in [4.69, 9.17) is 9.97 Å². The molecule has 0 saturated heterocycles. The SMILES string of the molecule is CCCCC(=O)Nc1cc2nc(CCCC)n(Cc3ccc(-c4ccccc4S(=O)(=O)NC(C)(C)C)cc3)c2nc1C. The number of hydrogen-bond donors (Lipinski definition) is 2. The number of carbonyl (C=O) groups excluding carboxylic acids is 1. The second-order valence-electron chi connectivity index (χ2n) is 11.9. The smallest absolute Gasteiger partial charge is 0.241 e. The van der Waals surface area contributed by atoms with Crippen LogP contribution in [0.5, 0.6) is 0 Å². The quantitative estimate of drug-likeness (QED) is 0.185. The van der Waals surface area contributed by atoms with Gasteiger partial charge in [0.05, 0.1) is 22.8 Å². The molecule has 0 atom stereocenters.